The third-order valence-corrected chi connectivity index (χ3v) is 5.82. The van der Waals surface area contributed by atoms with Gasteiger partial charge in [-0.1, -0.05) is 0 Å². The molecular weight excluding hydrogens is 382 g/mol. The SMILES string of the molecule is COc1cc(C)c2c(N3CCC(N(CC(F)F)S(N)(=O)=O)CC3)ncnn12. The molecule has 1 aliphatic heterocycles. The lowest BCUT2D eigenvalue weighted by molar-refractivity contribution is 0.101. The molecule has 27 heavy (non-hydrogen) atoms. The van der Waals surface area contributed by atoms with Gasteiger partial charge in [-0.3, -0.25) is 0 Å². The largest absolute Gasteiger partial charge is 0.481 e. The van der Waals surface area contributed by atoms with Crippen LogP contribution < -0.4 is 14.8 Å². The fourth-order valence-electron chi connectivity index (χ4n) is 3.51. The molecule has 1 aliphatic rings. The number of anilines is 1. The second-order valence-corrected chi connectivity index (χ2v) is 7.94. The van der Waals surface area contributed by atoms with E-state index in [9.17, 15) is 17.2 Å². The molecule has 0 aliphatic carbocycles. The summed E-state index contributed by atoms with van der Waals surface area (Å²) in [7, 11) is -2.64. The number of nitrogens with zero attached hydrogens (tertiary/aromatic N) is 5. The molecule has 0 unspecified atom stereocenters. The molecule has 2 aromatic rings. The van der Waals surface area contributed by atoms with E-state index in [-0.39, 0.29) is 0 Å². The van der Waals surface area contributed by atoms with Crippen molar-refractivity contribution in [1.82, 2.24) is 18.9 Å². The number of nitrogens with two attached hydrogens (primary N) is 1. The summed E-state index contributed by atoms with van der Waals surface area (Å²) in [4.78, 5) is 6.36. The van der Waals surface area contributed by atoms with Crippen LogP contribution in [0.15, 0.2) is 12.4 Å². The highest BCUT2D eigenvalue weighted by atomic mass is 32.2. The van der Waals surface area contributed by atoms with Gasteiger partial charge in [-0.05, 0) is 25.3 Å². The lowest BCUT2D eigenvalue weighted by Gasteiger charge is -2.37. The standard InChI is InChI=1S/C15H22F2N6O3S/c1-10-7-13(26-2)23-14(10)15(19-9-20-23)21-5-3-11(4-6-21)22(8-12(16)17)27(18,24)25/h7,9,11-12H,3-6,8H2,1-2H3,(H2,18,24,25). The minimum Gasteiger partial charge on any atom is -0.481 e. The van der Waals surface area contributed by atoms with Gasteiger partial charge in [-0.2, -0.15) is 22.3 Å². The Balaban J connectivity index is 1.82. The molecule has 0 radical (unpaired) electrons. The zero-order chi connectivity index (χ0) is 19.8. The van der Waals surface area contributed by atoms with E-state index in [1.807, 2.05) is 17.9 Å². The lowest BCUT2D eigenvalue weighted by Crippen LogP contribution is -2.51. The molecule has 1 saturated heterocycles. The average molecular weight is 404 g/mol. The molecule has 150 valence electrons. The molecule has 0 amide bonds. The molecule has 0 spiro atoms. The van der Waals surface area contributed by atoms with Crippen LogP contribution in [0.3, 0.4) is 0 Å². The van der Waals surface area contributed by atoms with E-state index >= 15 is 0 Å². The predicted molar refractivity (Wildman–Crippen MR) is 95.3 cm³/mol. The molecule has 12 heteroatoms. The summed E-state index contributed by atoms with van der Waals surface area (Å²) in [5.41, 5.74) is 1.73. The second kappa shape index (κ2) is 7.52. The van der Waals surface area contributed by atoms with Gasteiger partial charge >= 0.3 is 0 Å². The highest BCUT2D eigenvalue weighted by molar-refractivity contribution is 7.86. The minimum atomic E-state index is -4.19. The molecule has 1 fully saturated rings. The molecule has 9 nitrogen and oxygen atoms in total. The van der Waals surface area contributed by atoms with Gasteiger partial charge in [0.15, 0.2) is 5.82 Å². The van der Waals surface area contributed by atoms with Crippen molar-refractivity contribution in [2.24, 2.45) is 5.14 Å². The normalized spacial score (nSPS) is 16.6. The van der Waals surface area contributed by atoms with Crippen LogP contribution in [0.5, 0.6) is 5.88 Å². The fraction of sp³-hybridized carbons (Fsp3) is 0.600. The maximum atomic E-state index is 12.8. The molecule has 0 bridgehead atoms. The Bertz CT molecular complexity index is 912. The quantitative estimate of drug-likeness (QED) is 0.763. The number of rotatable bonds is 6. The van der Waals surface area contributed by atoms with Gasteiger partial charge in [0.05, 0.1) is 13.7 Å². The number of fused-ring (bicyclic) bond motifs is 1. The zero-order valence-corrected chi connectivity index (χ0v) is 15.9. The Morgan fingerprint density at radius 3 is 2.63 bits per heavy atom. The Labute approximate surface area is 155 Å². The molecule has 3 rings (SSSR count). The van der Waals surface area contributed by atoms with E-state index in [4.69, 9.17) is 9.88 Å². The molecule has 0 saturated carbocycles. The van der Waals surface area contributed by atoms with Crippen LogP contribution in [0, 0.1) is 6.92 Å². The second-order valence-electron chi connectivity index (χ2n) is 6.44. The maximum Gasteiger partial charge on any atom is 0.277 e. The molecular formula is C15H22F2N6O3S. The molecule has 0 aromatic carbocycles. The summed E-state index contributed by atoms with van der Waals surface area (Å²) >= 11 is 0. The number of hydrogen-bond acceptors (Lipinski definition) is 6. The van der Waals surface area contributed by atoms with Crippen molar-refractivity contribution in [3.63, 3.8) is 0 Å². The number of hydrogen-bond donors (Lipinski definition) is 1. The van der Waals surface area contributed by atoms with E-state index < -0.39 is 29.2 Å². The summed E-state index contributed by atoms with van der Waals surface area (Å²) in [5.74, 6) is 1.28. The van der Waals surface area contributed by atoms with Crippen molar-refractivity contribution in [2.45, 2.75) is 32.2 Å². The zero-order valence-electron chi connectivity index (χ0n) is 15.0. The number of aromatic nitrogens is 3. The molecule has 3 heterocycles. The summed E-state index contributed by atoms with van der Waals surface area (Å²) < 4.78 is 56.6. The molecule has 0 atom stereocenters. The summed E-state index contributed by atoms with van der Waals surface area (Å²) in [6.07, 6.45) is -0.616. The number of piperidine rings is 1. The van der Waals surface area contributed by atoms with Crippen LogP contribution in [-0.4, -0.2) is 66.5 Å². The van der Waals surface area contributed by atoms with Crippen molar-refractivity contribution < 1.29 is 21.9 Å². The van der Waals surface area contributed by atoms with Crippen molar-refractivity contribution in [3.05, 3.63) is 18.0 Å². The number of methoxy groups -OCH3 is 1. The van der Waals surface area contributed by atoms with Gasteiger partial charge in [0.25, 0.3) is 16.6 Å². The number of ether oxygens (including phenoxy) is 1. The maximum absolute atomic E-state index is 12.8. The van der Waals surface area contributed by atoms with Gasteiger partial charge in [-0.25, -0.2) is 18.9 Å². The number of alkyl halides is 2. The smallest absolute Gasteiger partial charge is 0.277 e. The number of halogens is 2. The van der Waals surface area contributed by atoms with E-state index in [0.29, 0.717) is 41.9 Å². The van der Waals surface area contributed by atoms with Gasteiger partial charge in [0.2, 0.25) is 5.88 Å². The highest BCUT2D eigenvalue weighted by Gasteiger charge is 2.33. The van der Waals surface area contributed by atoms with Crippen LogP contribution in [0.1, 0.15) is 18.4 Å². The van der Waals surface area contributed by atoms with Gasteiger partial charge in [0, 0.05) is 25.2 Å². The van der Waals surface area contributed by atoms with Crippen molar-refractivity contribution in [3.8, 4) is 5.88 Å². The third-order valence-electron chi connectivity index (χ3n) is 4.72. The van der Waals surface area contributed by atoms with Gasteiger partial charge in [0.1, 0.15) is 11.8 Å². The first-order chi connectivity index (χ1) is 12.7. The minimum absolute atomic E-state index is 0.371. The summed E-state index contributed by atoms with van der Waals surface area (Å²) in [6.45, 7) is 1.94. The predicted octanol–water partition coefficient (Wildman–Crippen LogP) is 0.786. The van der Waals surface area contributed by atoms with Crippen LogP contribution in [0.2, 0.25) is 0 Å². The van der Waals surface area contributed by atoms with E-state index in [1.165, 1.54) is 6.33 Å². The van der Waals surface area contributed by atoms with E-state index in [0.717, 1.165) is 11.1 Å². The summed E-state index contributed by atoms with van der Waals surface area (Å²) in [6, 6.07) is 1.29. The third kappa shape index (κ3) is 3.96. The first kappa shape index (κ1) is 19.7. The van der Waals surface area contributed by atoms with Crippen LogP contribution in [0.25, 0.3) is 5.52 Å². The first-order valence-electron chi connectivity index (χ1n) is 8.42. The van der Waals surface area contributed by atoms with Crippen molar-refractivity contribution in [1.29, 1.82) is 0 Å². The monoisotopic (exact) mass is 404 g/mol. The molecule has 2 aromatic heterocycles. The topological polar surface area (TPSA) is 106 Å². The van der Waals surface area contributed by atoms with Crippen molar-refractivity contribution in [2.75, 3.05) is 31.6 Å². The molecule has 2 N–H and O–H groups in total. The van der Waals surface area contributed by atoms with Crippen LogP contribution >= 0.6 is 0 Å². The van der Waals surface area contributed by atoms with Gasteiger partial charge in [-0.15, -0.1) is 0 Å². The number of aryl methyl sites for hydroxylation is 1. The first-order valence-corrected chi connectivity index (χ1v) is 9.92. The van der Waals surface area contributed by atoms with Crippen LogP contribution in [-0.2, 0) is 10.2 Å². The average Bonchev–Trinajstić information content (AvgIpc) is 2.95. The Hall–Kier alpha value is -2.05. The Kier molecular flexibility index (Phi) is 5.49. The highest BCUT2D eigenvalue weighted by Crippen LogP contribution is 2.30. The van der Waals surface area contributed by atoms with Crippen LogP contribution in [0.4, 0.5) is 14.6 Å². The van der Waals surface area contributed by atoms with Crippen molar-refractivity contribution >= 4 is 21.5 Å². The van der Waals surface area contributed by atoms with Gasteiger partial charge < -0.3 is 9.64 Å². The fourth-order valence-corrected chi connectivity index (χ4v) is 4.46. The summed E-state index contributed by atoms with van der Waals surface area (Å²) in [5, 5.41) is 9.33. The Morgan fingerprint density at radius 1 is 1.41 bits per heavy atom. The Morgan fingerprint density at radius 2 is 2.07 bits per heavy atom. The lowest BCUT2D eigenvalue weighted by atomic mass is 10.0. The van der Waals surface area contributed by atoms with E-state index in [1.54, 1.807) is 11.6 Å². The van der Waals surface area contributed by atoms with E-state index in [2.05, 4.69) is 10.1 Å².